The summed E-state index contributed by atoms with van der Waals surface area (Å²) in [6.07, 6.45) is -37.1. The first-order valence-electron chi connectivity index (χ1n) is 19.7. The molecule has 4 aliphatic rings. The van der Waals surface area contributed by atoms with Gasteiger partial charge in [0.15, 0.2) is 86.7 Å². The predicted molar refractivity (Wildman–Crippen MR) is 201 cm³/mol. The van der Waals surface area contributed by atoms with E-state index in [0.717, 1.165) is 13.8 Å². The molecule has 2 amide bonds. The van der Waals surface area contributed by atoms with Crippen LogP contribution in [0.3, 0.4) is 0 Å². The van der Waals surface area contributed by atoms with E-state index in [1.54, 1.807) is 0 Å². The van der Waals surface area contributed by atoms with E-state index >= 15 is 0 Å². The van der Waals surface area contributed by atoms with Crippen LogP contribution in [0, 0.1) is 0 Å². The summed E-state index contributed by atoms with van der Waals surface area (Å²) in [7, 11) is 0. The lowest BCUT2D eigenvalue weighted by molar-refractivity contribution is -0.778. The van der Waals surface area contributed by atoms with E-state index in [0.29, 0.717) is 0 Å². The molecular formula is C31H42N2O35S4-6. The Morgan fingerprint density at radius 1 is 0.542 bits per heavy atom. The summed E-state index contributed by atoms with van der Waals surface area (Å²) in [4.78, 5) is 50.5. The van der Waals surface area contributed by atoms with Gasteiger partial charge < -0.3 is 115 Å². The van der Waals surface area contributed by atoms with Crippen LogP contribution in [0.1, 0.15) is 13.8 Å². The van der Waals surface area contributed by atoms with Gasteiger partial charge in [0, 0.05) is 13.8 Å². The SMILES string of the molecule is C=CCO[C@@H]1OC(CO)[C@H](O)[C@H](O[C@@H]2OC(C(=O)[O-])[C@@H](O[C@@H]3OC(CO)[C@H](O)[C@H](O[C@@H]4OC(C(=O)[O-])[C@@H](O)[C@H](OSOO[O-])C4OSOO[O-])C3NC(C)=O)[C@H](OSOO[O-])C2OSOO[O-])C1NC(C)=O. The molecule has 4 aliphatic heterocycles. The number of carboxylic acid groups (broad SMARTS) is 2. The number of carboxylic acids is 2. The highest BCUT2D eigenvalue weighted by Gasteiger charge is 2.59. The first kappa shape index (κ1) is 62.4. The Kier molecular flexibility index (Phi) is 27.6. The van der Waals surface area contributed by atoms with Crippen LogP contribution in [-0.4, -0.2) is 192 Å². The molecule has 72 heavy (non-hydrogen) atoms. The summed E-state index contributed by atoms with van der Waals surface area (Å²) in [5.74, 6) is -6.17. The van der Waals surface area contributed by atoms with Crippen LogP contribution in [-0.2, 0) is 111 Å². The fraction of sp³-hybridized carbons (Fsp3) is 0.806. The average Bonchev–Trinajstić information content (AvgIpc) is 3.33. The number of amides is 2. The number of aliphatic hydroxyl groups is 5. The van der Waals surface area contributed by atoms with Crippen LogP contribution in [0.2, 0.25) is 0 Å². The van der Waals surface area contributed by atoms with Gasteiger partial charge in [-0.25, -0.2) is 0 Å². The van der Waals surface area contributed by atoms with Crippen molar-refractivity contribution in [2.45, 2.75) is 137 Å². The molecule has 41 heteroatoms. The number of nitrogens with one attached hydrogen (secondary N) is 2. The summed E-state index contributed by atoms with van der Waals surface area (Å²) in [6.45, 7) is 3.07. The van der Waals surface area contributed by atoms with E-state index in [2.05, 4.69) is 54.7 Å². The van der Waals surface area contributed by atoms with Crippen LogP contribution in [0.4, 0.5) is 0 Å². The number of hydrogen-bond acceptors (Lipinski definition) is 39. The molecule has 4 saturated heterocycles. The zero-order valence-electron chi connectivity index (χ0n) is 36.1. The number of aliphatic hydroxyl groups excluding tert-OH is 5. The van der Waals surface area contributed by atoms with Gasteiger partial charge >= 0.3 is 0 Å². The van der Waals surface area contributed by atoms with E-state index in [1.165, 1.54) is 6.08 Å². The second-order valence-electron chi connectivity index (χ2n) is 14.3. The molecule has 4 rings (SSSR count). The van der Waals surface area contributed by atoms with E-state index in [1.807, 2.05) is 0 Å². The van der Waals surface area contributed by atoms with Gasteiger partial charge in [0.25, 0.3) is 0 Å². The third kappa shape index (κ3) is 16.9. The van der Waals surface area contributed by atoms with Gasteiger partial charge in [0.05, 0.1) is 31.8 Å². The molecule has 37 nitrogen and oxygen atoms in total. The topological polar surface area (TPSA) is 516 Å². The van der Waals surface area contributed by atoms with E-state index in [-0.39, 0.29) is 55.9 Å². The smallest absolute Gasteiger partial charge is 0.217 e. The van der Waals surface area contributed by atoms with Gasteiger partial charge in [-0.15, -0.1) is 23.9 Å². The molecule has 20 atom stereocenters. The number of hydrogen-bond donors (Lipinski definition) is 7. The molecule has 4 fully saturated rings. The third-order valence-corrected chi connectivity index (χ3v) is 11.6. The van der Waals surface area contributed by atoms with E-state index < -0.39 is 160 Å². The standard InChI is InChI=1S/C31H48N2O35S4/c1-4-5-49-28-12(32-8(2)36)17(14(38)10(6-34)50-28)52-31-25(60-72-68-64-48)22(58-70-66-62-46)21(23(56-31)27(43)44)55-29-13(33-9(3)37)18(15(39)11(7-35)51-29)53-30-24(59-71-67-63-47)19(57-69-65-61-45)16(40)20(54-30)26(41)42/h4,10-25,28-31,34-35,38-40,45-48H,1,5-7H2,2-3H3,(H,32,36)(H,33,37)(H,41,42)(H,43,44)/p-6/t10?,11?,12?,13?,14-,15-,16-,17+,18+,19-,20?,21-,22-,23?,24?,25?,28+,29-,30+,31+/m0/s1. The van der Waals surface area contributed by atoms with Gasteiger partial charge in [0.1, 0.15) is 85.3 Å². The van der Waals surface area contributed by atoms with Crippen molar-refractivity contribution in [3.8, 4) is 0 Å². The average molecular weight is 1130 g/mol. The van der Waals surface area contributed by atoms with E-state index in [4.69, 9.17) is 54.6 Å². The molecule has 0 bridgehead atoms. The van der Waals surface area contributed by atoms with E-state index in [9.17, 15) is 76.0 Å². The summed E-state index contributed by atoms with van der Waals surface area (Å²) in [5, 5.41) is 140. The second kappa shape index (κ2) is 31.8. The molecule has 0 aromatic carbocycles. The quantitative estimate of drug-likeness (QED) is 0.0111. The lowest BCUT2D eigenvalue weighted by Crippen LogP contribution is -2.71. The largest absolute Gasteiger partial charge is 0.691 e. The second-order valence-corrected chi connectivity index (χ2v) is 16.2. The van der Waals surface area contributed by atoms with Crippen molar-refractivity contribution in [2.75, 3.05) is 19.8 Å². The first-order chi connectivity index (χ1) is 34.5. The molecule has 0 aromatic rings. The summed E-state index contributed by atoms with van der Waals surface area (Å²) < 4.78 is 83.8. The molecule has 0 aliphatic carbocycles. The number of carbonyl (C=O) groups excluding carboxylic acids is 4. The molecule has 8 unspecified atom stereocenters. The van der Waals surface area contributed by atoms with Crippen LogP contribution < -0.4 is 41.9 Å². The Hall–Kier alpha value is -2.14. The maximum atomic E-state index is 13.1. The van der Waals surface area contributed by atoms with Crippen molar-refractivity contribution in [2.24, 2.45) is 0 Å². The number of ether oxygens (including phenoxy) is 8. The Morgan fingerprint density at radius 3 is 1.35 bits per heavy atom. The number of aliphatic carboxylic acids is 2. The maximum absolute atomic E-state index is 13.1. The van der Waals surface area contributed by atoms with Crippen molar-refractivity contribution in [3.05, 3.63) is 12.7 Å². The molecule has 416 valence electrons. The highest BCUT2D eigenvalue weighted by molar-refractivity contribution is 7.90. The number of carbonyl (C=O) groups is 4. The summed E-state index contributed by atoms with van der Waals surface area (Å²) >= 11 is -1.26. The minimum absolute atomic E-state index is 0.250. The van der Waals surface area contributed by atoms with Gasteiger partial charge in [-0.05, 0) is 0 Å². The normalized spacial score (nSPS) is 37.2. The molecule has 7 N–H and O–H groups in total. The molecular weight excluding hydrogens is 1090 g/mol. The summed E-state index contributed by atoms with van der Waals surface area (Å²) in [5.41, 5.74) is 0. The molecule has 0 radical (unpaired) electrons. The van der Waals surface area contributed by atoms with Crippen LogP contribution in [0.5, 0.6) is 0 Å². The van der Waals surface area contributed by atoms with Gasteiger partial charge in [-0.3, -0.25) is 46.5 Å². The van der Waals surface area contributed by atoms with Crippen molar-refractivity contribution < 1.29 is 168 Å². The Balaban J connectivity index is 1.83. The minimum atomic E-state index is -2.59. The van der Waals surface area contributed by atoms with Crippen LogP contribution >= 0.6 is 49.3 Å². The maximum Gasteiger partial charge on any atom is 0.217 e. The minimum Gasteiger partial charge on any atom is -0.691 e. The van der Waals surface area contributed by atoms with Crippen molar-refractivity contribution >= 4 is 73.0 Å². The van der Waals surface area contributed by atoms with Crippen LogP contribution in [0.25, 0.3) is 0 Å². The van der Waals surface area contributed by atoms with Gasteiger partial charge in [0.2, 0.25) is 11.8 Å². The fourth-order valence-corrected chi connectivity index (χ4v) is 8.65. The Morgan fingerprint density at radius 2 is 0.931 bits per heavy atom. The van der Waals surface area contributed by atoms with Gasteiger partial charge in [-0.2, -0.15) is 0 Å². The lowest BCUT2D eigenvalue weighted by atomic mass is 9.94. The lowest BCUT2D eigenvalue weighted by Gasteiger charge is -2.51. The molecule has 4 heterocycles. The first-order valence-corrected chi connectivity index (χ1v) is 22.4. The van der Waals surface area contributed by atoms with Crippen molar-refractivity contribution in [1.82, 2.24) is 10.6 Å². The highest BCUT2D eigenvalue weighted by Crippen LogP contribution is 2.40. The predicted octanol–water partition coefficient (Wildman–Crippen LogP) is -11.5. The Bertz CT molecular complexity index is 1670. The van der Waals surface area contributed by atoms with Crippen molar-refractivity contribution in [3.63, 3.8) is 0 Å². The molecule has 0 spiro atoms. The third-order valence-electron chi connectivity index (χ3n) is 10.0. The zero-order chi connectivity index (χ0) is 53.1. The zero-order valence-corrected chi connectivity index (χ0v) is 39.3. The van der Waals surface area contributed by atoms with Crippen molar-refractivity contribution in [1.29, 1.82) is 0 Å². The fourth-order valence-electron chi connectivity index (χ4n) is 7.22. The molecule has 0 saturated carbocycles. The van der Waals surface area contributed by atoms with Crippen LogP contribution in [0.15, 0.2) is 12.7 Å². The van der Waals surface area contributed by atoms with Gasteiger partial charge in [-0.1, -0.05) is 6.08 Å². The monoisotopic (exact) mass is 1130 g/mol. The highest BCUT2D eigenvalue weighted by atomic mass is 32.2. The Labute approximate surface area is 419 Å². The number of rotatable bonds is 31. The molecule has 0 aromatic heterocycles. The summed E-state index contributed by atoms with van der Waals surface area (Å²) in [6, 6.07) is -3.60.